The zero-order valence-electron chi connectivity index (χ0n) is 13.7. The summed E-state index contributed by atoms with van der Waals surface area (Å²) in [5.41, 5.74) is 2.15. The van der Waals surface area contributed by atoms with Crippen LogP contribution in [0, 0.1) is 0 Å². The molecule has 0 heterocycles. The number of allylic oxidation sites excluding steroid dienone is 1. The fraction of sp³-hybridized carbons (Fsp3) is 0.100. The number of hydrogen-bond acceptors (Lipinski definition) is 4. The highest BCUT2D eigenvalue weighted by molar-refractivity contribution is 6.30. The molecule has 5 heteroatoms. The van der Waals surface area contributed by atoms with Crippen molar-refractivity contribution in [1.82, 2.24) is 0 Å². The molecular formula is C20H17ClN2O2. The van der Waals surface area contributed by atoms with Gasteiger partial charge in [-0.15, -0.1) is 0 Å². The molecule has 126 valence electrons. The second-order valence-corrected chi connectivity index (χ2v) is 5.30. The van der Waals surface area contributed by atoms with Crippen LogP contribution in [-0.4, -0.2) is 18.6 Å². The molecule has 0 aromatic heterocycles. The van der Waals surface area contributed by atoms with Gasteiger partial charge >= 0.3 is 5.97 Å². The maximum Gasteiger partial charge on any atom is 0.330 e. The van der Waals surface area contributed by atoms with E-state index < -0.39 is 5.97 Å². The van der Waals surface area contributed by atoms with Gasteiger partial charge in [-0.05, 0) is 48.9 Å². The van der Waals surface area contributed by atoms with Gasteiger partial charge in [-0.25, -0.2) is 4.79 Å². The largest absolute Gasteiger partial charge is 0.463 e. The van der Waals surface area contributed by atoms with Gasteiger partial charge in [0.2, 0.25) is 0 Å². The Labute approximate surface area is 151 Å². The Kier molecular flexibility index (Phi) is 7.39. The van der Waals surface area contributed by atoms with Crippen LogP contribution in [0.15, 0.2) is 82.4 Å². The Morgan fingerprint density at radius 2 is 1.84 bits per heavy atom. The van der Waals surface area contributed by atoms with E-state index in [9.17, 15) is 4.79 Å². The van der Waals surface area contributed by atoms with Crippen LogP contribution in [0.25, 0.3) is 6.08 Å². The van der Waals surface area contributed by atoms with Gasteiger partial charge in [0, 0.05) is 11.1 Å². The van der Waals surface area contributed by atoms with Crippen molar-refractivity contribution in [1.29, 1.82) is 0 Å². The second kappa shape index (κ2) is 10.0. The van der Waals surface area contributed by atoms with E-state index in [1.54, 1.807) is 37.3 Å². The molecule has 2 aromatic rings. The number of ether oxygens (including phenoxy) is 1. The summed E-state index contributed by atoms with van der Waals surface area (Å²) in [4.78, 5) is 19.8. The average molecular weight is 353 g/mol. The van der Waals surface area contributed by atoms with Crippen LogP contribution < -0.4 is 0 Å². The third-order valence-corrected chi connectivity index (χ3v) is 3.23. The third kappa shape index (κ3) is 7.00. The molecule has 0 amide bonds. The van der Waals surface area contributed by atoms with E-state index >= 15 is 0 Å². The van der Waals surface area contributed by atoms with Crippen molar-refractivity contribution in [2.75, 3.05) is 6.61 Å². The highest BCUT2D eigenvalue weighted by Crippen LogP contribution is 2.15. The van der Waals surface area contributed by atoms with Crippen molar-refractivity contribution in [3.8, 4) is 0 Å². The zero-order valence-corrected chi connectivity index (χ0v) is 14.5. The summed E-state index contributed by atoms with van der Waals surface area (Å²) >= 11 is 5.84. The highest BCUT2D eigenvalue weighted by atomic mass is 35.5. The van der Waals surface area contributed by atoms with Crippen LogP contribution in [0.5, 0.6) is 0 Å². The molecule has 0 saturated carbocycles. The maximum atomic E-state index is 11.5. The summed E-state index contributed by atoms with van der Waals surface area (Å²) in [6.45, 7) is 2.07. The van der Waals surface area contributed by atoms with E-state index in [2.05, 4.69) is 16.0 Å². The normalized spacial score (nSPS) is 11.0. The number of benzene rings is 2. The first-order valence-corrected chi connectivity index (χ1v) is 8.09. The molecule has 0 fully saturated rings. The maximum absolute atomic E-state index is 11.5. The van der Waals surface area contributed by atoms with Gasteiger partial charge in [0.1, 0.15) is 6.01 Å². The van der Waals surface area contributed by atoms with Crippen molar-refractivity contribution in [3.05, 3.63) is 83.0 Å². The number of nitrogens with zero attached hydrogens (tertiary/aromatic N) is 2. The van der Waals surface area contributed by atoms with Gasteiger partial charge in [0.05, 0.1) is 18.0 Å². The van der Waals surface area contributed by atoms with Crippen LogP contribution >= 0.6 is 11.6 Å². The summed E-state index contributed by atoms with van der Waals surface area (Å²) in [5, 5.41) is 0.637. The van der Waals surface area contributed by atoms with E-state index in [-0.39, 0.29) is 0 Å². The lowest BCUT2D eigenvalue weighted by Crippen LogP contribution is -1.98. The summed E-state index contributed by atoms with van der Waals surface area (Å²) in [7, 11) is 0. The highest BCUT2D eigenvalue weighted by Gasteiger charge is 1.96. The molecule has 0 spiro atoms. The lowest BCUT2D eigenvalue weighted by molar-refractivity contribution is -0.137. The molecule has 2 aromatic carbocycles. The van der Waals surface area contributed by atoms with Crippen LogP contribution in [0.4, 0.5) is 5.69 Å². The first kappa shape index (κ1) is 18.4. The first-order chi connectivity index (χ1) is 12.2. The van der Waals surface area contributed by atoms with Gasteiger partial charge in [0.25, 0.3) is 0 Å². The van der Waals surface area contributed by atoms with Crippen molar-refractivity contribution in [3.63, 3.8) is 0 Å². The molecule has 0 atom stereocenters. The molecule has 0 aliphatic carbocycles. The van der Waals surface area contributed by atoms with E-state index in [0.717, 1.165) is 5.56 Å². The molecule has 25 heavy (non-hydrogen) atoms. The van der Waals surface area contributed by atoms with E-state index in [4.69, 9.17) is 16.3 Å². The van der Waals surface area contributed by atoms with Crippen LogP contribution in [0.2, 0.25) is 5.02 Å². The Balaban J connectivity index is 2.24. The Bertz CT molecular complexity index is 819. The van der Waals surface area contributed by atoms with E-state index in [1.165, 1.54) is 6.08 Å². The van der Waals surface area contributed by atoms with E-state index in [0.29, 0.717) is 23.0 Å². The van der Waals surface area contributed by atoms with Crippen LogP contribution in [-0.2, 0) is 9.53 Å². The molecular weight excluding hydrogens is 336 g/mol. The zero-order chi connectivity index (χ0) is 17.9. The molecule has 0 N–H and O–H groups in total. The number of esters is 1. The summed E-state index contributed by atoms with van der Waals surface area (Å²) in [5.74, 6) is -0.425. The molecule has 0 aliphatic heterocycles. The predicted molar refractivity (Wildman–Crippen MR) is 101 cm³/mol. The standard InChI is InChI=1S/C20H17ClN2O2/c1-2-25-20(24)13-12-19(14-16-6-4-3-5-7-16)23-15-22-18-10-8-17(21)9-11-18/h3-14H,2H2,1H3/b13-12+,19-14-. The summed E-state index contributed by atoms with van der Waals surface area (Å²) < 4.78 is 4.88. The number of hydrogen-bond donors (Lipinski definition) is 0. The van der Waals surface area contributed by atoms with Gasteiger partial charge in [-0.2, -0.15) is 9.98 Å². The fourth-order valence-corrected chi connectivity index (χ4v) is 1.96. The minimum Gasteiger partial charge on any atom is -0.463 e. The number of aliphatic imine (C=N–C) groups is 2. The number of carbonyl (C=O) groups is 1. The Morgan fingerprint density at radius 3 is 2.52 bits per heavy atom. The average Bonchev–Trinajstić information content (AvgIpc) is 2.62. The van der Waals surface area contributed by atoms with Crippen LogP contribution in [0.1, 0.15) is 12.5 Å². The molecule has 2 rings (SSSR count). The van der Waals surface area contributed by atoms with Gasteiger partial charge in [0.15, 0.2) is 0 Å². The molecule has 0 radical (unpaired) electrons. The Morgan fingerprint density at radius 1 is 1.12 bits per heavy atom. The number of rotatable bonds is 6. The van der Waals surface area contributed by atoms with Crippen LogP contribution in [0.3, 0.4) is 0 Å². The third-order valence-electron chi connectivity index (χ3n) is 2.98. The quantitative estimate of drug-likeness (QED) is 0.306. The minimum absolute atomic E-state index is 0.322. The SMILES string of the molecule is CCOC(=O)/C=C/C(=C/c1ccccc1)N=C=Nc1ccc(Cl)cc1. The predicted octanol–water partition coefficient (Wildman–Crippen LogP) is 5.31. The first-order valence-electron chi connectivity index (χ1n) is 7.71. The number of halogens is 1. The van der Waals surface area contributed by atoms with Crippen molar-refractivity contribution >= 4 is 35.3 Å². The molecule has 0 saturated heterocycles. The molecule has 0 unspecified atom stereocenters. The van der Waals surface area contributed by atoms with Gasteiger partial charge < -0.3 is 4.74 Å². The molecule has 4 nitrogen and oxygen atoms in total. The van der Waals surface area contributed by atoms with Crippen molar-refractivity contribution < 1.29 is 9.53 Å². The Hall–Kier alpha value is -2.94. The lowest BCUT2D eigenvalue weighted by atomic mass is 10.2. The summed E-state index contributed by atoms with van der Waals surface area (Å²) in [6.07, 6.45) is 4.71. The monoisotopic (exact) mass is 352 g/mol. The molecule has 0 aliphatic rings. The van der Waals surface area contributed by atoms with Crippen molar-refractivity contribution in [2.24, 2.45) is 9.98 Å². The topological polar surface area (TPSA) is 51.0 Å². The summed E-state index contributed by atoms with van der Waals surface area (Å²) in [6, 6.07) is 19.3. The van der Waals surface area contributed by atoms with E-state index in [1.807, 2.05) is 36.4 Å². The second-order valence-electron chi connectivity index (χ2n) is 4.87. The smallest absolute Gasteiger partial charge is 0.330 e. The van der Waals surface area contributed by atoms with Gasteiger partial charge in [-0.1, -0.05) is 41.9 Å². The van der Waals surface area contributed by atoms with Crippen molar-refractivity contribution in [2.45, 2.75) is 6.92 Å². The van der Waals surface area contributed by atoms with Gasteiger partial charge in [-0.3, -0.25) is 0 Å². The molecule has 0 bridgehead atoms. The fourth-order valence-electron chi connectivity index (χ4n) is 1.84. The lowest BCUT2D eigenvalue weighted by Gasteiger charge is -1.96. The number of carbonyl (C=O) groups excluding carboxylic acids is 1. The minimum atomic E-state index is -0.425.